The molecule has 2 aliphatic heterocycles. The molecule has 2 atom stereocenters. The number of halogens is 3. The van der Waals surface area contributed by atoms with Crippen molar-refractivity contribution in [3.63, 3.8) is 0 Å². The van der Waals surface area contributed by atoms with Gasteiger partial charge in [0.15, 0.2) is 0 Å². The highest BCUT2D eigenvalue weighted by Crippen LogP contribution is 2.34. The van der Waals surface area contributed by atoms with E-state index in [1.165, 1.54) is 18.2 Å². The minimum absolute atomic E-state index is 0.0895. The van der Waals surface area contributed by atoms with Crippen molar-refractivity contribution in [2.24, 2.45) is 0 Å². The van der Waals surface area contributed by atoms with Crippen LogP contribution in [0.2, 0.25) is 0 Å². The number of amides is 1. The van der Waals surface area contributed by atoms with Gasteiger partial charge < -0.3 is 10.1 Å². The van der Waals surface area contributed by atoms with E-state index < -0.39 is 29.7 Å². The van der Waals surface area contributed by atoms with Crippen molar-refractivity contribution in [1.82, 2.24) is 4.90 Å². The van der Waals surface area contributed by atoms with Gasteiger partial charge in [-0.2, -0.15) is 13.2 Å². The highest BCUT2D eigenvalue weighted by Gasteiger charge is 2.40. The number of ether oxygens (including phenoxy) is 1. The number of esters is 1. The number of para-hydroxylation sites is 1. The van der Waals surface area contributed by atoms with Crippen molar-refractivity contribution < 1.29 is 27.5 Å². The minimum atomic E-state index is -4.56. The molecule has 8 heteroatoms. The van der Waals surface area contributed by atoms with Gasteiger partial charge in [0.25, 0.3) is 0 Å². The van der Waals surface area contributed by atoms with E-state index in [-0.39, 0.29) is 18.2 Å². The van der Waals surface area contributed by atoms with Gasteiger partial charge in [0, 0.05) is 6.04 Å². The molecule has 1 N–H and O–H groups in total. The monoisotopic (exact) mass is 356 g/mol. The van der Waals surface area contributed by atoms with Crippen LogP contribution < -0.4 is 5.32 Å². The topological polar surface area (TPSA) is 58.6 Å². The molecule has 2 fully saturated rings. The normalized spacial score (nSPS) is 24.4. The average molecular weight is 356 g/mol. The van der Waals surface area contributed by atoms with Crippen LogP contribution in [0.25, 0.3) is 0 Å². The van der Waals surface area contributed by atoms with Gasteiger partial charge in [-0.1, -0.05) is 18.6 Å². The van der Waals surface area contributed by atoms with E-state index in [0.29, 0.717) is 13.2 Å². The number of cyclic esters (lactones) is 1. The summed E-state index contributed by atoms with van der Waals surface area (Å²) in [4.78, 5) is 26.3. The molecule has 1 amide bonds. The summed E-state index contributed by atoms with van der Waals surface area (Å²) in [6.07, 6.45) is -1.93. The first-order chi connectivity index (χ1) is 11.9. The van der Waals surface area contributed by atoms with Gasteiger partial charge in [-0.05, 0) is 31.5 Å². The van der Waals surface area contributed by atoms with Crippen LogP contribution in [0, 0.1) is 0 Å². The molecule has 2 saturated heterocycles. The fourth-order valence-electron chi connectivity index (χ4n) is 3.44. The number of morpholine rings is 1. The number of benzene rings is 1. The molecule has 0 spiro atoms. The zero-order valence-corrected chi connectivity index (χ0v) is 13.5. The lowest BCUT2D eigenvalue weighted by Crippen LogP contribution is -2.57. The second-order valence-electron chi connectivity index (χ2n) is 6.33. The Morgan fingerprint density at radius 1 is 1.28 bits per heavy atom. The third-order valence-corrected chi connectivity index (χ3v) is 4.65. The summed E-state index contributed by atoms with van der Waals surface area (Å²) < 4.78 is 44.2. The zero-order chi connectivity index (χ0) is 18.0. The Hall–Kier alpha value is -2.09. The highest BCUT2D eigenvalue weighted by atomic mass is 19.4. The Kier molecular flexibility index (Phi) is 4.99. The first kappa shape index (κ1) is 17.7. The number of piperidine rings is 1. The van der Waals surface area contributed by atoms with E-state index in [1.54, 1.807) is 0 Å². The number of nitrogens with one attached hydrogen (secondary N) is 1. The van der Waals surface area contributed by atoms with Crippen molar-refractivity contribution >= 4 is 17.6 Å². The summed E-state index contributed by atoms with van der Waals surface area (Å²) in [7, 11) is 0. The van der Waals surface area contributed by atoms with Crippen LogP contribution in [0.1, 0.15) is 31.2 Å². The molecule has 3 rings (SSSR count). The molecule has 5 nitrogen and oxygen atoms in total. The van der Waals surface area contributed by atoms with Crippen molar-refractivity contribution in [3.05, 3.63) is 29.8 Å². The largest absolute Gasteiger partial charge is 0.463 e. The van der Waals surface area contributed by atoms with Crippen LogP contribution in [0.15, 0.2) is 24.3 Å². The average Bonchev–Trinajstić information content (AvgIpc) is 2.57. The van der Waals surface area contributed by atoms with Crippen LogP contribution >= 0.6 is 0 Å². The summed E-state index contributed by atoms with van der Waals surface area (Å²) in [6, 6.07) is 4.13. The number of hydrogen-bond acceptors (Lipinski definition) is 4. The number of carbonyl (C=O) groups is 2. The van der Waals surface area contributed by atoms with E-state index >= 15 is 0 Å². The van der Waals surface area contributed by atoms with Gasteiger partial charge in [0.05, 0.1) is 17.7 Å². The first-order valence-electron chi connectivity index (χ1n) is 8.24. The predicted octanol–water partition coefficient (Wildman–Crippen LogP) is 2.81. The van der Waals surface area contributed by atoms with Gasteiger partial charge in [0.1, 0.15) is 12.6 Å². The molecule has 2 aliphatic rings. The van der Waals surface area contributed by atoms with E-state index in [1.807, 2.05) is 4.90 Å². The third-order valence-electron chi connectivity index (χ3n) is 4.65. The molecule has 1 aromatic carbocycles. The van der Waals surface area contributed by atoms with E-state index in [2.05, 4.69) is 5.32 Å². The summed E-state index contributed by atoms with van der Waals surface area (Å²) in [5.41, 5.74) is -1.22. The number of alkyl halides is 3. The summed E-state index contributed by atoms with van der Waals surface area (Å²) in [5, 5.41) is 2.29. The van der Waals surface area contributed by atoms with Crippen LogP contribution in [0.5, 0.6) is 0 Å². The Labute approximate surface area is 143 Å². The Balaban J connectivity index is 1.71. The molecule has 0 saturated carbocycles. The summed E-state index contributed by atoms with van der Waals surface area (Å²) >= 11 is 0. The van der Waals surface area contributed by atoms with Gasteiger partial charge in [-0.25, -0.2) is 0 Å². The van der Waals surface area contributed by atoms with E-state index in [0.717, 1.165) is 25.3 Å². The standard InChI is InChI=1S/C17H19F3N2O3/c18-17(19,20)12-6-1-2-7-13(12)21-15(23)9-14-16(24)25-10-11-5-3-4-8-22(11)14/h1-2,6-7,11,14H,3-5,8-10H2,(H,21,23)/t11-,14+/m1/s1. The lowest BCUT2D eigenvalue weighted by atomic mass is 9.97. The summed E-state index contributed by atoms with van der Waals surface area (Å²) in [6.45, 7) is 1.00. The highest BCUT2D eigenvalue weighted by molar-refractivity contribution is 5.95. The predicted molar refractivity (Wildman–Crippen MR) is 83.8 cm³/mol. The molecule has 25 heavy (non-hydrogen) atoms. The number of rotatable bonds is 3. The zero-order valence-electron chi connectivity index (χ0n) is 13.5. The fraction of sp³-hybridized carbons (Fsp3) is 0.529. The maximum atomic E-state index is 13.0. The van der Waals surface area contributed by atoms with Crippen molar-refractivity contribution in [3.8, 4) is 0 Å². The minimum Gasteiger partial charge on any atom is -0.463 e. The van der Waals surface area contributed by atoms with Crippen LogP contribution in [-0.4, -0.2) is 42.0 Å². The molecule has 0 aliphatic carbocycles. The van der Waals surface area contributed by atoms with Crippen LogP contribution in [-0.2, 0) is 20.5 Å². The first-order valence-corrected chi connectivity index (χ1v) is 8.24. The molecule has 136 valence electrons. The Bertz CT molecular complexity index is 663. The smallest absolute Gasteiger partial charge is 0.418 e. The maximum Gasteiger partial charge on any atom is 0.418 e. The number of hydrogen-bond donors (Lipinski definition) is 1. The number of carbonyl (C=O) groups excluding carboxylic acids is 2. The quantitative estimate of drug-likeness (QED) is 0.846. The second-order valence-corrected chi connectivity index (χ2v) is 6.33. The van der Waals surface area contributed by atoms with Gasteiger partial charge >= 0.3 is 12.1 Å². The molecule has 2 heterocycles. The molecule has 0 radical (unpaired) electrons. The van der Waals surface area contributed by atoms with Crippen LogP contribution in [0.3, 0.4) is 0 Å². The summed E-state index contributed by atoms with van der Waals surface area (Å²) in [5.74, 6) is -1.12. The second kappa shape index (κ2) is 7.03. The lowest BCUT2D eigenvalue weighted by Gasteiger charge is -2.43. The van der Waals surface area contributed by atoms with Gasteiger partial charge in [-0.15, -0.1) is 0 Å². The molecular weight excluding hydrogens is 337 g/mol. The van der Waals surface area contributed by atoms with Crippen molar-refractivity contribution in [1.29, 1.82) is 0 Å². The van der Waals surface area contributed by atoms with Crippen LogP contribution in [0.4, 0.5) is 18.9 Å². The number of anilines is 1. The lowest BCUT2D eigenvalue weighted by molar-refractivity contribution is -0.165. The maximum absolute atomic E-state index is 13.0. The number of fused-ring (bicyclic) bond motifs is 1. The van der Waals surface area contributed by atoms with E-state index in [4.69, 9.17) is 4.74 Å². The SMILES string of the molecule is O=C(C[C@H]1C(=O)OC[C@H]2CCCCN21)Nc1ccccc1C(F)(F)F. The van der Waals surface area contributed by atoms with Gasteiger partial charge in [-0.3, -0.25) is 14.5 Å². The van der Waals surface area contributed by atoms with E-state index in [9.17, 15) is 22.8 Å². The molecule has 0 bridgehead atoms. The molecule has 0 aromatic heterocycles. The molecule has 1 aromatic rings. The third kappa shape index (κ3) is 3.95. The molecular formula is C17H19F3N2O3. The van der Waals surface area contributed by atoms with Crippen molar-refractivity contribution in [2.75, 3.05) is 18.5 Å². The fourth-order valence-corrected chi connectivity index (χ4v) is 3.44. The Morgan fingerprint density at radius 3 is 2.80 bits per heavy atom. The Morgan fingerprint density at radius 2 is 2.04 bits per heavy atom. The number of nitrogens with zero attached hydrogens (tertiary/aromatic N) is 1. The molecule has 0 unspecified atom stereocenters. The van der Waals surface area contributed by atoms with Gasteiger partial charge in [0.2, 0.25) is 5.91 Å². The van der Waals surface area contributed by atoms with Crippen molar-refractivity contribution in [2.45, 2.75) is 43.9 Å².